The fourth-order valence-corrected chi connectivity index (χ4v) is 2.99. The summed E-state index contributed by atoms with van der Waals surface area (Å²) in [6.07, 6.45) is 4.99. The van der Waals surface area contributed by atoms with Gasteiger partial charge in [-0.1, -0.05) is 17.7 Å². The molecule has 0 saturated carbocycles. The minimum absolute atomic E-state index is 0.533. The molecule has 0 amide bonds. The van der Waals surface area contributed by atoms with Crippen molar-refractivity contribution < 1.29 is 4.74 Å². The Labute approximate surface area is 123 Å². The molecule has 1 aromatic heterocycles. The minimum Gasteiger partial charge on any atom is -0.496 e. The van der Waals surface area contributed by atoms with E-state index < -0.39 is 0 Å². The first-order valence-electron chi connectivity index (χ1n) is 6.81. The van der Waals surface area contributed by atoms with Gasteiger partial charge in [0, 0.05) is 34.9 Å². The van der Waals surface area contributed by atoms with E-state index in [-0.39, 0.29) is 0 Å². The van der Waals surface area contributed by atoms with Crippen molar-refractivity contribution in [3.05, 3.63) is 47.0 Å². The third-order valence-corrected chi connectivity index (χ3v) is 4.20. The Morgan fingerprint density at radius 1 is 1.50 bits per heavy atom. The zero-order valence-electron chi connectivity index (χ0n) is 11.5. The molecule has 2 aromatic rings. The lowest BCUT2D eigenvalue weighted by molar-refractivity contribution is 0.408. The minimum atomic E-state index is 0.533. The summed E-state index contributed by atoms with van der Waals surface area (Å²) in [7, 11) is 1.67. The highest BCUT2D eigenvalue weighted by Crippen LogP contribution is 2.29. The Balaban J connectivity index is 1.90. The van der Waals surface area contributed by atoms with Crippen molar-refractivity contribution in [2.75, 3.05) is 20.2 Å². The van der Waals surface area contributed by atoms with Gasteiger partial charge in [-0.2, -0.15) is 0 Å². The molecule has 0 spiro atoms. The molecule has 2 heterocycles. The average Bonchev–Trinajstić information content (AvgIpc) is 3.11. The number of benzene rings is 1. The number of nitrogens with zero attached hydrogens (tertiary/aromatic N) is 2. The number of halogens is 1. The van der Waals surface area contributed by atoms with Gasteiger partial charge in [0.25, 0.3) is 0 Å². The summed E-state index contributed by atoms with van der Waals surface area (Å²) in [6, 6.07) is 5.74. The molecule has 1 aromatic carbocycles. The van der Waals surface area contributed by atoms with Gasteiger partial charge in [0.2, 0.25) is 0 Å². The molecule has 1 atom stereocenters. The van der Waals surface area contributed by atoms with Crippen LogP contribution in [0.4, 0.5) is 0 Å². The molecule has 1 aliphatic heterocycles. The lowest BCUT2D eigenvalue weighted by atomic mass is 10.1. The Kier molecular flexibility index (Phi) is 3.94. The van der Waals surface area contributed by atoms with Crippen LogP contribution in [0.1, 0.15) is 23.6 Å². The number of imidazole rings is 1. The summed E-state index contributed by atoms with van der Waals surface area (Å²) in [5, 5.41) is 4.12. The number of methoxy groups -OCH3 is 1. The molecule has 0 radical (unpaired) electrons. The van der Waals surface area contributed by atoms with Gasteiger partial charge < -0.3 is 14.6 Å². The Morgan fingerprint density at radius 3 is 3.15 bits per heavy atom. The standard InChI is InChI=1S/C15H18ClN3O/c1-20-15-4-2-3-13(16)12(15)9-19-10-18-8-14(19)11-5-6-17-7-11/h2-4,8,10-11,17H,5-7,9H2,1H3. The van der Waals surface area contributed by atoms with E-state index in [9.17, 15) is 0 Å². The topological polar surface area (TPSA) is 39.1 Å². The molecule has 1 fully saturated rings. The molecule has 1 saturated heterocycles. The van der Waals surface area contributed by atoms with E-state index in [4.69, 9.17) is 16.3 Å². The maximum absolute atomic E-state index is 6.31. The van der Waals surface area contributed by atoms with Crippen LogP contribution in [0, 0.1) is 0 Å². The molecule has 5 heteroatoms. The summed E-state index contributed by atoms with van der Waals surface area (Å²) in [5.74, 6) is 1.35. The molecular formula is C15H18ClN3O. The second-order valence-corrected chi connectivity index (χ2v) is 5.46. The predicted octanol–water partition coefficient (Wildman–Crippen LogP) is 2.67. The zero-order valence-corrected chi connectivity index (χ0v) is 12.2. The summed E-state index contributed by atoms with van der Waals surface area (Å²) in [5.41, 5.74) is 2.26. The highest BCUT2D eigenvalue weighted by molar-refractivity contribution is 6.31. The normalized spacial score (nSPS) is 18.4. The van der Waals surface area contributed by atoms with Crippen molar-refractivity contribution in [1.82, 2.24) is 14.9 Å². The smallest absolute Gasteiger partial charge is 0.125 e. The van der Waals surface area contributed by atoms with Crippen LogP contribution in [0.3, 0.4) is 0 Å². The van der Waals surface area contributed by atoms with E-state index in [0.29, 0.717) is 12.5 Å². The van der Waals surface area contributed by atoms with Crippen molar-refractivity contribution in [3.63, 3.8) is 0 Å². The van der Waals surface area contributed by atoms with Crippen LogP contribution >= 0.6 is 11.6 Å². The molecule has 1 unspecified atom stereocenters. The van der Waals surface area contributed by atoms with Crippen LogP contribution in [-0.4, -0.2) is 29.8 Å². The van der Waals surface area contributed by atoms with Crippen molar-refractivity contribution in [3.8, 4) is 5.75 Å². The summed E-state index contributed by atoms with van der Waals surface area (Å²) in [4.78, 5) is 4.30. The largest absolute Gasteiger partial charge is 0.496 e. The third-order valence-electron chi connectivity index (χ3n) is 3.85. The predicted molar refractivity (Wildman–Crippen MR) is 79.6 cm³/mol. The zero-order chi connectivity index (χ0) is 13.9. The van der Waals surface area contributed by atoms with Crippen molar-refractivity contribution in [2.45, 2.75) is 18.9 Å². The monoisotopic (exact) mass is 291 g/mol. The third kappa shape index (κ3) is 2.53. The van der Waals surface area contributed by atoms with Crippen LogP contribution in [0.25, 0.3) is 0 Å². The van der Waals surface area contributed by atoms with Gasteiger partial charge in [-0.3, -0.25) is 0 Å². The molecule has 3 rings (SSSR count). The Hall–Kier alpha value is -1.52. The Morgan fingerprint density at radius 2 is 2.40 bits per heavy atom. The molecule has 106 valence electrons. The quantitative estimate of drug-likeness (QED) is 0.941. The lowest BCUT2D eigenvalue weighted by Crippen LogP contribution is -2.12. The molecular weight excluding hydrogens is 274 g/mol. The molecule has 1 aliphatic rings. The van der Waals surface area contributed by atoms with Gasteiger partial charge in [0.1, 0.15) is 5.75 Å². The highest BCUT2D eigenvalue weighted by atomic mass is 35.5. The number of rotatable bonds is 4. The van der Waals surface area contributed by atoms with E-state index in [1.54, 1.807) is 7.11 Å². The van der Waals surface area contributed by atoms with Crippen molar-refractivity contribution >= 4 is 11.6 Å². The lowest BCUT2D eigenvalue weighted by Gasteiger charge is -2.15. The first-order chi connectivity index (χ1) is 9.79. The average molecular weight is 292 g/mol. The van der Waals surface area contributed by atoms with E-state index in [1.165, 1.54) is 5.69 Å². The molecule has 0 aliphatic carbocycles. The van der Waals surface area contributed by atoms with E-state index in [2.05, 4.69) is 14.9 Å². The fraction of sp³-hybridized carbons (Fsp3) is 0.400. The summed E-state index contributed by atoms with van der Waals surface area (Å²) >= 11 is 6.31. The van der Waals surface area contributed by atoms with E-state index >= 15 is 0 Å². The number of ether oxygens (including phenoxy) is 1. The highest BCUT2D eigenvalue weighted by Gasteiger charge is 2.21. The maximum atomic E-state index is 6.31. The van der Waals surface area contributed by atoms with Gasteiger partial charge in [-0.15, -0.1) is 0 Å². The van der Waals surface area contributed by atoms with E-state index in [1.807, 2.05) is 30.7 Å². The van der Waals surface area contributed by atoms with Crippen molar-refractivity contribution in [2.24, 2.45) is 0 Å². The maximum Gasteiger partial charge on any atom is 0.125 e. The first-order valence-corrected chi connectivity index (χ1v) is 7.19. The van der Waals surface area contributed by atoms with Crippen LogP contribution in [0.5, 0.6) is 5.75 Å². The van der Waals surface area contributed by atoms with Crippen LogP contribution < -0.4 is 10.1 Å². The number of hydrogen-bond acceptors (Lipinski definition) is 3. The SMILES string of the molecule is COc1cccc(Cl)c1Cn1cncc1C1CCNC1. The van der Waals surface area contributed by atoms with Gasteiger partial charge in [-0.05, 0) is 25.1 Å². The molecule has 0 bridgehead atoms. The van der Waals surface area contributed by atoms with Gasteiger partial charge in [-0.25, -0.2) is 4.98 Å². The number of nitrogens with one attached hydrogen (secondary N) is 1. The summed E-state index contributed by atoms with van der Waals surface area (Å²) < 4.78 is 7.58. The molecule has 1 N–H and O–H groups in total. The van der Waals surface area contributed by atoms with Crippen LogP contribution in [-0.2, 0) is 6.54 Å². The molecule has 20 heavy (non-hydrogen) atoms. The van der Waals surface area contributed by atoms with Crippen molar-refractivity contribution in [1.29, 1.82) is 0 Å². The second-order valence-electron chi connectivity index (χ2n) is 5.06. The second kappa shape index (κ2) is 5.85. The summed E-state index contributed by atoms with van der Waals surface area (Å²) in [6.45, 7) is 2.78. The van der Waals surface area contributed by atoms with Crippen LogP contribution in [0.15, 0.2) is 30.7 Å². The first kappa shape index (κ1) is 13.5. The Bertz CT molecular complexity index is 591. The number of hydrogen-bond donors (Lipinski definition) is 1. The number of aromatic nitrogens is 2. The molecule has 4 nitrogen and oxygen atoms in total. The van der Waals surface area contributed by atoms with Gasteiger partial charge in [0.15, 0.2) is 0 Å². The van der Waals surface area contributed by atoms with Crippen LogP contribution in [0.2, 0.25) is 5.02 Å². The van der Waals surface area contributed by atoms with Gasteiger partial charge >= 0.3 is 0 Å². The fourth-order valence-electron chi connectivity index (χ4n) is 2.76. The van der Waals surface area contributed by atoms with E-state index in [0.717, 1.165) is 35.8 Å². The van der Waals surface area contributed by atoms with Gasteiger partial charge in [0.05, 0.1) is 20.0 Å².